The molecule has 0 saturated heterocycles. The van der Waals surface area contributed by atoms with Crippen molar-refractivity contribution < 1.29 is 4.79 Å². The number of nitrogens with one attached hydrogen (secondary N) is 3. The van der Waals surface area contributed by atoms with E-state index in [0.717, 1.165) is 147 Å². The number of hydrogen-bond acceptors (Lipinski definition) is 21. The van der Waals surface area contributed by atoms with Gasteiger partial charge in [0.1, 0.15) is 35.5 Å². The lowest BCUT2D eigenvalue weighted by atomic mass is 9.46. The smallest absolute Gasteiger partial charge is 0.330 e. The van der Waals surface area contributed by atoms with E-state index < -0.39 is 11.0 Å². The summed E-state index contributed by atoms with van der Waals surface area (Å²) in [5.41, 5.74) is 15.1. The minimum absolute atomic E-state index is 0.0725. The number of pyridine rings is 3. The van der Waals surface area contributed by atoms with Gasteiger partial charge in [0.2, 0.25) is 23.8 Å². The molecular formula is C72H77N27O4. The second kappa shape index (κ2) is 21.9. The van der Waals surface area contributed by atoms with E-state index in [2.05, 4.69) is 73.3 Å². The Labute approximate surface area is 587 Å². The molecular weight excluding hydrogens is 1310 g/mol. The van der Waals surface area contributed by atoms with Crippen LogP contribution in [0, 0.1) is 95.2 Å². The number of rotatable bonds is 10. The molecule has 31 nitrogen and oxygen atoms in total. The van der Waals surface area contributed by atoms with Crippen molar-refractivity contribution in [1.82, 2.24) is 101 Å². The predicted octanol–water partition coefficient (Wildman–Crippen LogP) is 8.09. The summed E-state index contributed by atoms with van der Waals surface area (Å²) in [6.45, 7) is 5.96. The maximum absolute atomic E-state index is 13.6. The second-order valence-corrected chi connectivity index (χ2v) is 32.4. The van der Waals surface area contributed by atoms with Gasteiger partial charge in [0.15, 0.2) is 33.9 Å². The molecule has 31 heteroatoms. The highest BCUT2D eigenvalue weighted by atomic mass is 16.2. The van der Waals surface area contributed by atoms with Gasteiger partial charge in [0.25, 0.3) is 0 Å². The first-order valence-corrected chi connectivity index (χ1v) is 35.7. The van der Waals surface area contributed by atoms with Crippen molar-refractivity contribution in [2.24, 2.45) is 78.6 Å². The van der Waals surface area contributed by atoms with Crippen LogP contribution in [-0.2, 0) is 42.6 Å². The van der Waals surface area contributed by atoms with Crippen molar-refractivity contribution in [2.75, 3.05) is 16.0 Å². The van der Waals surface area contributed by atoms with Gasteiger partial charge in [-0.05, 0) is 207 Å². The molecule has 12 fully saturated rings. The molecule has 103 heavy (non-hydrogen) atoms. The van der Waals surface area contributed by atoms with Crippen LogP contribution < -0.4 is 38.8 Å². The molecule has 524 valence electrons. The van der Waals surface area contributed by atoms with Crippen LogP contribution in [0.4, 0.5) is 34.9 Å². The summed E-state index contributed by atoms with van der Waals surface area (Å²) in [6.07, 6.45) is 31.9. The first kappa shape index (κ1) is 62.7. The highest BCUT2D eigenvalue weighted by Gasteiger charge is 2.64. The topological polar surface area (TPSA) is 375 Å². The molecule has 0 spiro atoms. The fraction of sp³-hybridized carbons (Fsp3) is 0.500. The average molecular weight is 1380 g/mol. The molecule has 0 aliphatic heterocycles. The van der Waals surface area contributed by atoms with Crippen molar-refractivity contribution in [3.8, 4) is 12.1 Å². The maximum atomic E-state index is 13.6. The van der Waals surface area contributed by atoms with Crippen molar-refractivity contribution >= 4 is 91.2 Å². The van der Waals surface area contributed by atoms with Crippen LogP contribution in [0.2, 0.25) is 0 Å². The van der Waals surface area contributed by atoms with Crippen molar-refractivity contribution in [3.63, 3.8) is 0 Å². The van der Waals surface area contributed by atoms with Gasteiger partial charge in [0, 0.05) is 21.1 Å². The monoisotopic (exact) mass is 1380 g/mol. The van der Waals surface area contributed by atoms with Gasteiger partial charge < -0.3 is 21.7 Å². The Hall–Kier alpha value is -11.2. The molecule has 6 atom stereocenters. The Balaban J connectivity index is 0.000000107. The number of anilines is 6. The van der Waals surface area contributed by atoms with Crippen LogP contribution in [0.15, 0.2) is 88.7 Å². The van der Waals surface area contributed by atoms with E-state index in [1.165, 1.54) is 31.8 Å². The third-order valence-electron chi connectivity index (χ3n) is 25.5. The summed E-state index contributed by atoms with van der Waals surface area (Å²) in [5, 5.41) is 42.7. The molecule has 12 heterocycles. The van der Waals surface area contributed by atoms with E-state index in [-0.39, 0.29) is 44.9 Å². The fourth-order valence-electron chi connectivity index (χ4n) is 22.4. The zero-order valence-electron chi connectivity index (χ0n) is 58.1. The highest BCUT2D eigenvalue weighted by Crippen LogP contribution is 2.67. The number of hydrogen-bond donors (Lipinski definition) is 4. The van der Waals surface area contributed by atoms with E-state index in [0.29, 0.717) is 93.3 Å². The number of nitrogens with two attached hydrogens (primary N) is 1. The van der Waals surface area contributed by atoms with Crippen LogP contribution in [0.3, 0.4) is 0 Å². The normalized spacial score (nSPS) is 29.6. The van der Waals surface area contributed by atoms with Gasteiger partial charge in [-0.15, -0.1) is 0 Å². The van der Waals surface area contributed by atoms with Crippen molar-refractivity contribution in [3.05, 3.63) is 123 Å². The van der Waals surface area contributed by atoms with E-state index in [1.807, 2.05) is 71.3 Å². The molecule has 0 radical (unpaired) electrons. The molecule has 12 aliphatic rings. The van der Waals surface area contributed by atoms with Crippen LogP contribution in [0.5, 0.6) is 0 Å². The van der Waals surface area contributed by atoms with Gasteiger partial charge in [-0.2, -0.15) is 40.8 Å². The largest absolute Gasteiger partial charge is 0.369 e. The lowest BCUT2D eigenvalue weighted by Crippen LogP contribution is -2.61. The number of primary amides is 1. The van der Waals surface area contributed by atoms with Crippen molar-refractivity contribution in [1.29, 1.82) is 10.5 Å². The highest BCUT2D eigenvalue weighted by molar-refractivity contribution is 5.82. The third kappa shape index (κ3) is 9.54. The van der Waals surface area contributed by atoms with Crippen LogP contribution in [0.1, 0.15) is 132 Å². The minimum Gasteiger partial charge on any atom is -0.369 e. The third-order valence-corrected chi connectivity index (χ3v) is 25.5. The van der Waals surface area contributed by atoms with Gasteiger partial charge in [-0.1, -0.05) is 0 Å². The maximum Gasteiger partial charge on any atom is 0.330 e. The first-order chi connectivity index (χ1) is 49.5. The van der Waals surface area contributed by atoms with Gasteiger partial charge in [-0.3, -0.25) is 32.2 Å². The molecule has 12 bridgehead atoms. The fourth-order valence-corrected chi connectivity index (χ4v) is 22.4. The summed E-state index contributed by atoms with van der Waals surface area (Å²) in [5.74, 6) is 3.83. The van der Waals surface area contributed by atoms with Gasteiger partial charge in [0.05, 0.1) is 99.2 Å². The lowest BCUT2D eigenvalue weighted by molar-refractivity contribution is -0.151. The van der Waals surface area contributed by atoms with Crippen LogP contribution in [-0.4, -0.2) is 107 Å². The summed E-state index contributed by atoms with van der Waals surface area (Å²) in [4.78, 5) is 94.1. The molecule has 12 aromatic heterocycles. The quantitative estimate of drug-likeness (QED) is 0.100. The zero-order chi connectivity index (χ0) is 70.6. The molecule has 12 aromatic rings. The summed E-state index contributed by atoms with van der Waals surface area (Å²) < 4.78 is 15.7. The molecule has 12 saturated carbocycles. The molecule has 0 aromatic carbocycles. The van der Waals surface area contributed by atoms with E-state index in [9.17, 15) is 29.7 Å². The zero-order valence-corrected chi connectivity index (χ0v) is 58.1. The number of nitrogens with zero attached hydrogens (tertiary/aromatic N) is 23. The number of aromatic nitrogens is 21. The summed E-state index contributed by atoms with van der Waals surface area (Å²) in [6, 6.07) is 11.2. The Morgan fingerprint density at radius 1 is 0.456 bits per heavy atom. The lowest BCUT2D eigenvalue weighted by Gasteiger charge is -2.61. The minimum atomic E-state index is -0.524. The Morgan fingerprint density at radius 2 is 0.757 bits per heavy atom. The second-order valence-electron chi connectivity index (χ2n) is 32.4. The number of amides is 1. The van der Waals surface area contributed by atoms with Crippen LogP contribution >= 0.6 is 0 Å². The van der Waals surface area contributed by atoms with Crippen molar-refractivity contribution in [2.45, 2.75) is 153 Å². The number of imidazole rings is 3. The molecule has 6 unspecified atom stereocenters. The van der Waals surface area contributed by atoms with Gasteiger partial charge >= 0.3 is 17.1 Å². The molecule has 5 N–H and O–H groups in total. The summed E-state index contributed by atoms with van der Waals surface area (Å²) >= 11 is 0. The Bertz CT molecular complexity index is 5620. The number of aryl methyl sites for hydroxylation is 6. The molecule has 24 rings (SSSR count). The van der Waals surface area contributed by atoms with E-state index in [1.54, 1.807) is 67.0 Å². The Kier molecular flexibility index (Phi) is 13.3. The molecule has 12 aliphatic carbocycles. The number of nitriles is 2. The Morgan fingerprint density at radius 3 is 1.06 bits per heavy atom. The van der Waals surface area contributed by atoms with Gasteiger partial charge in [-0.25, -0.2) is 57.8 Å². The van der Waals surface area contributed by atoms with E-state index in [4.69, 9.17) is 20.7 Å². The number of carbonyl (C=O) groups excluding carboxylic acids is 1. The van der Waals surface area contributed by atoms with Crippen LogP contribution in [0.25, 0.3) is 50.4 Å². The summed E-state index contributed by atoms with van der Waals surface area (Å²) in [7, 11) is 5.31. The number of fused-ring (bicyclic) bond motifs is 6. The first-order valence-electron chi connectivity index (χ1n) is 35.7. The standard InChI is InChI=1S/C24H27N9O2.2C24H25N9O/c1-13-3-18-27-12-28-32(18)10-16(13)29-21-26-9-17-19(30-21)33(22(35)31(17)2)24-7-14-4-15(8-24)6-23(5-14,11-24)20(25)34;2*1-14-3-19-27-13-28-32(19)10-17(14)29-21-26-9-18-20(30-21)33(22(34)31(18)2)24-7-15-4-16(8-24)6-23(5-15,11-24)12-25/h3,9-10,12,14-15H,4-8,11H2,1-2H3,(H2,25,34)(H,26,29,30);2*3,9-10,13,15-16H,4-8,11H2,1-2H3,(H,26,29,30). The van der Waals surface area contributed by atoms with E-state index >= 15 is 0 Å². The average Bonchev–Trinajstić information content (AvgIpc) is 1.69. The predicted molar refractivity (Wildman–Crippen MR) is 377 cm³/mol. The number of carbonyl (C=O) groups is 1. The molecule has 1 amide bonds. The SMILES string of the molecule is Cc1cc2ncnn2cc1Nc1ncc2c(n1)n(C13CC4CC(CC(C#N)(C4)C1)C3)c(=O)n2C.Cc1cc2ncnn2cc1Nc1ncc2c(n1)n(C13CC4CC(CC(C#N)(C4)C1)C3)c(=O)n2C.Cc1cc2ncnn2cc1Nc1ncc2c(n1)n(C13CC4CC(CC(C(N)=O)(C4)C1)C3)c(=O)n2C.